The molecule has 0 aliphatic rings. The van der Waals surface area contributed by atoms with Gasteiger partial charge in [-0.3, -0.25) is 14.7 Å². The van der Waals surface area contributed by atoms with Crippen LogP contribution in [0, 0.1) is 0 Å². The summed E-state index contributed by atoms with van der Waals surface area (Å²) in [6, 6.07) is 3.84. The van der Waals surface area contributed by atoms with Crippen molar-refractivity contribution in [3.05, 3.63) is 46.6 Å². The molecule has 0 fully saturated rings. The van der Waals surface area contributed by atoms with Gasteiger partial charge in [-0.15, -0.1) is 0 Å². The number of nitrogens with one attached hydrogen (secondary N) is 2. The van der Waals surface area contributed by atoms with E-state index in [9.17, 15) is 22.8 Å². The first-order chi connectivity index (χ1) is 9.37. The van der Waals surface area contributed by atoms with Crippen molar-refractivity contribution in [2.75, 3.05) is 5.32 Å². The summed E-state index contributed by atoms with van der Waals surface area (Å²) in [6.07, 6.45) is -2.18. The molecule has 0 aliphatic carbocycles. The molecule has 106 valence electrons. The number of alkyl halides is 3. The maximum Gasteiger partial charge on any atom is 0.406 e. The van der Waals surface area contributed by atoms with Crippen molar-refractivity contribution < 1.29 is 18.0 Å². The number of nitrogens with zero attached hydrogens (tertiary/aromatic N) is 2. The fourth-order valence-corrected chi connectivity index (χ4v) is 1.52. The molecule has 0 bridgehead atoms. The van der Waals surface area contributed by atoms with Gasteiger partial charge in [-0.25, -0.2) is 0 Å². The molecule has 2 N–H and O–H groups in total. The second kappa shape index (κ2) is 5.19. The van der Waals surface area contributed by atoms with E-state index in [2.05, 4.69) is 15.5 Å². The van der Waals surface area contributed by atoms with E-state index >= 15 is 0 Å². The zero-order chi connectivity index (χ0) is 14.8. The van der Waals surface area contributed by atoms with E-state index in [1.54, 1.807) is 0 Å². The number of amides is 1. The van der Waals surface area contributed by atoms with Gasteiger partial charge in [-0.1, -0.05) is 0 Å². The first-order valence-electron chi connectivity index (χ1n) is 5.44. The molecule has 0 radical (unpaired) electrons. The molecule has 0 spiro atoms. The van der Waals surface area contributed by atoms with Gasteiger partial charge in [0.05, 0.1) is 0 Å². The number of hydrogen-bond donors (Lipinski definition) is 2. The van der Waals surface area contributed by atoms with E-state index in [-0.39, 0.29) is 11.4 Å². The topological polar surface area (TPSA) is 79.8 Å². The number of aromatic nitrogens is 3. The van der Waals surface area contributed by atoms with Crippen LogP contribution in [0.15, 0.2) is 35.4 Å². The quantitative estimate of drug-likeness (QED) is 0.894. The van der Waals surface area contributed by atoms with E-state index < -0.39 is 24.2 Å². The van der Waals surface area contributed by atoms with Crippen LogP contribution >= 0.6 is 0 Å². The van der Waals surface area contributed by atoms with Gasteiger partial charge in [-0.05, 0) is 18.2 Å². The van der Waals surface area contributed by atoms with Crippen molar-refractivity contribution in [1.29, 1.82) is 0 Å². The van der Waals surface area contributed by atoms with Gasteiger partial charge in [0.25, 0.3) is 11.5 Å². The highest BCUT2D eigenvalue weighted by Gasteiger charge is 2.28. The number of halogens is 3. The van der Waals surface area contributed by atoms with E-state index in [1.807, 2.05) is 0 Å². The number of carbonyl (C=O) groups excluding carboxylic acids is 1. The standard InChI is InChI=1S/C11H9F3N4O2/c12-11(13,14)6-18-5-1-2-8(10(18)20)16-9(19)7-3-4-15-17-7/h1-5H,6H2,(H,15,17)(H,16,19). The van der Waals surface area contributed by atoms with Crippen LogP contribution in [0.2, 0.25) is 0 Å². The highest BCUT2D eigenvalue weighted by atomic mass is 19.4. The number of rotatable bonds is 3. The van der Waals surface area contributed by atoms with E-state index in [1.165, 1.54) is 24.4 Å². The summed E-state index contributed by atoms with van der Waals surface area (Å²) in [4.78, 5) is 23.4. The summed E-state index contributed by atoms with van der Waals surface area (Å²) in [7, 11) is 0. The molecule has 0 aromatic carbocycles. The first-order valence-corrected chi connectivity index (χ1v) is 5.44. The highest BCUT2D eigenvalue weighted by Crippen LogP contribution is 2.16. The SMILES string of the molecule is O=C(Nc1cccn(CC(F)(F)F)c1=O)c1ccn[nH]1. The van der Waals surface area contributed by atoms with Crippen molar-refractivity contribution in [1.82, 2.24) is 14.8 Å². The molecule has 0 atom stereocenters. The summed E-state index contributed by atoms with van der Waals surface area (Å²) >= 11 is 0. The van der Waals surface area contributed by atoms with Crippen LogP contribution in [-0.4, -0.2) is 26.8 Å². The number of carbonyl (C=O) groups is 1. The molecule has 6 nitrogen and oxygen atoms in total. The molecule has 0 aliphatic heterocycles. The maximum absolute atomic E-state index is 12.3. The molecule has 9 heteroatoms. The molecule has 2 aromatic rings. The summed E-state index contributed by atoms with van der Waals surface area (Å²) in [5, 5.41) is 8.16. The zero-order valence-corrected chi connectivity index (χ0v) is 9.94. The van der Waals surface area contributed by atoms with E-state index in [0.717, 1.165) is 6.20 Å². The van der Waals surface area contributed by atoms with Crippen LogP contribution in [0.25, 0.3) is 0 Å². The lowest BCUT2D eigenvalue weighted by molar-refractivity contribution is -0.141. The van der Waals surface area contributed by atoms with Crippen LogP contribution in [0.4, 0.5) is 18.9 Å². The van der Waals surface area contributed by atoms with Crippen LogP contribution in [0.5, 0.6) is 0 Å². The largest absolute Gasteiger partial charge is 0.406 e. The summed E-state index contributed by atoms with van der Waals surface area (Å²) in [5.41, 5.74) is -1.08. The second-order valence-corrected chi connectivity index (χ2v) is 3.89. The normalized spacial score (nSPS) is 11.3. The summed E-state index contributed by atoms with van der Waals surface area (Å²) in [6.45, 7) is -1.42. The van der Waals surface area contributed by atoms with Crippen LogP contribution in [0.1, 0.15) is 10.5 Å². The van der Waals surface area contributed by atoms with Gasteiger partial charge in [0, 0.05) is 12.4 Å². The molecule has 20 heavy (non-hydrogen) atoms. The molecule has 1 amide bonds. The van der Waals surface area contributed by atoms with Gasteiger partial charge in [0.1, 0.15) is 17.9 Å². The molecule has 0 saturated carbocycles. The number of hydrogen-bond acceptors (Lipinski definition) is 3. The lowest BCUT2D eigenvalue weighted by Crippen LogP contribution is -2.30. The van der Waals surface area contributed by atoms with Crippen molar-refractivity contribution >= 4 is 11.6 Å². The van der Waals surface area contributed by atoms with Gasteiger partial charge in [0.2, 0.25) is 0 Å². The van der Waals surface area contributed by atoms with Crippen LogP contribution < -0.4 is 10.9 Å². The monoisotopic (exact) mass is 286 g/mol. The third-order valence-electron chi connectivity index (χ3n) is 2.36. The molecule has 2 aromatic heterocycles. The average Bonchev–Trinajstić information content (AvgIpc) is 2.86. The van der Waals surface area contributed by atoms with Crippen molar-refractivity contribution in [2.45, 2.75) is 12.7 Å². The lowest BCUT2D eigenvalue weighted by Gasteiger charge is -2.10. The predicted molar refractivity (Wildman–Crippen MR) is 63.3 cm³/mol. The Balaban J connectivity index is 2.23. The molecule has 2 rings (SSSR count). The van der Waals surface area contributed by atoms with E-state index in [0.29, 0.717) is 4.57 Å². The first kappa shape index (κ1) is 13.8. The summed E-state index contributed by atoms with van der Waals surface area (Å²) in [5.74, 6) is -0.663. The molecule has 2 heterocycles. The molecular weight excluding hydrogens is 277 g/mol. The van der Waals surface area contributed by atoms with Gasteiger partial charge in [0.15, 0.2) is 0 Å². The van der Waals surface area contributed by atoms with Crippen molar-refractivity contribution in [2.24, 2.45) is 0 Å². The molecular formula is C11H9F3N4O2. The van der Waals surface area contributed by atoms with Crippen LogP contribution in [0.3, 0.4) is 0 Å². The Morgan fingerprint density at radius 3 is 2.75 bits per heavy atom. The van der Waals surface area contributed by atoms with Crippen molar-refractivity contribution in [3.8, 4) is 0 Å². The minimum absolute atomic E-state index is 0.0932. The summed E-state index contributed by atoms with van der Waals surface area (Å²) < 4.78 is 37.3. The Morgan fingerprint density at radius 2 is 2.15 bits per heavy atom. The zero-order valence-electron chi connectivity index (χ0n) is 9.94. The number of anilines is 1. The number of aromatic amines is 1. The van der Waals surface area contributed by atoms with Crippen molar-refractivity contribution in [3.63, 3.8) is 0 Å². The second-order valence-electron chi connectivity index (χ2n) is 3.89. The Labute approximate surface area is 110 Å². The molecule has 0 unspecified atom stereocenters. The predicted octanol–water partition coefficient (Wildman–Crippen LogP) is 1.39. The average molecular weight is 286 g/mol. The third kappa shape index (κ3) is 3.25. The molecule has 0 saturated heterocycles. The third-order valence-corrected chi connectivity index (χ3v) is 2.36. The fourth-order valence-electron chi connectivity index (χ4n) is 1.52. The Hall–Kier alpha value is -2.58. The Bertz CT molecular complexity index is 661. The Morgan fingerprint density at radius 1 is 1.40 bits per heavy atom. The fraction of sp³-hybridized carbons (Fsp3) is 0.182. The Kier molecular flexibility index (Phi) is 3.59. The van der Waals surface area contributed by atoms with Gasteiger partial charge >= 0.3 is 6.18 Å². The van der Waals surface area contributed by atoms with Crippen LogP contribution in [-0.2, 0) is 6.54 Å². The minimum atomic E-state index is -4.52. The van der Waals surface area contributed by atoms with Gasteiger partial charge in [-0.2, -0.15) is 18.3 Å². The number of H-pyrrole nitrogens is 1. The lowest BCUT2D eigenvalue weighted by atomic mass is 10.3. The smallest absolute Gasteiger partial charge is 0.316 e. The van der Waals surface area contributed by atoms with E-state index in [4.69, 9.17) is 0 Å². The minimum Gasteiger partial charge on any atom is -0.316 e. The highest BCUT2D eigenvalue weighted by molar-refractivity contribution is 6.02. The van der Waals surface area contributed by atoms with Gasteiger partial charge < -0.3 is 9.88 Å². The maximum atomic E-state index is 12.3. The number of pyridine rings is 1.